The first-order chi connectivity index (χ1) is 18.1. The zero-order valence-corrected chi connectivity index (χ0v) is 21.3. The van der Waals surface area contributed by atoms with E-state index >= 15 is 0 Å². The lowest BCUT2D eigenvalue weighted by Crippen LogP contribution is -2.30. The monoisotopic (exact) mass is 482 g/mol. The normalized spacial score (nSPS) is 17.0. The van der Waals surface area contributed by atoms with Crippen molar-refractivity contribution >= 4 is 11.4 Å². The summed E-state index contributed by atoms with van der Waals surface area (Å²) in [4.78, 5) is 9.02. The van der Waals surface area contributed by atoms with Crippen LogP contribution in [-0.4, -0.2) is 37.2 Å². The predicted molar refractivity (Wildman–Crippen MR) is 152 cm³/mol. The first kappa shape index (κ1) is 21.8. The summed E-state index contributed by atoms with van der Waals surface area (Å²) in [6.45, 7) is 1.71. The number of nitrogens with zero attached hydrogens (tertiary/aromatic N) is 4. The van der Waals surface area contributed by atoms with Gasteiger partial charge >= 0.3 is 0 Å². The van der Waals surface area contributed by atoms with Gasteiger partial charge < -0.3 is 19.6 Å². The Bertz CT molecular complexity index is 1430. The molecule has 182 valence electrons. The smallest absolute Gasteiger partial charge is 0.0938 e. The van der Waals surface area contributed by atoms with Crippen molar-refractivity contribution in [2.45, 2.75) is 5.41 Å². The van der Waals surface area contributed by atoms with Crippen LogP contribution in [0.4, 0.5) is 11.4 Å². The Kier molecular flexibility index (Phi) is 4.90. The maximum Gasteiger partial charge on any atom is 0.0938 e. The van der Waals surface area contributed by atoms with E-state index in [4.69, 9.17) is 0 Å². The van der Waals surface area contributed by atoms with Crippen molar-refractivity contribution in [1.82, 2.24) is 9.80 Å². The maximum absolute atomic E-state index is 2.39. The molecular formula is C33H30N4. The Morgan fingerprint density at radius 2 is 0.973 bits per heavy atom. The lowest BCUT2D eigenvalue weighted by atomic mass is 9.67. The first-order valence-electron chi connectivity index (χ1n) is 12.9. The number of hydrogen-bond acceptors (Lipinski definition) is 4. The Hall–Kier alpha value is -4.44. The fraction of sp³-hybridized carbons (Fsp3) is 0.152. The predicted octanol–water partition coefficient (Wildman–Crippen LogP) is 6.41. The molecule has 0 aromatic heterocycles. The molecule has 0 N–H and O–H groups in total. The highest BCUT2D eigenvalue weighted by Gasteiger charge is 2.46. The van der Waals surface area contributed by atoms with Crippen LogP contribution in [0.25, 0.3) is 11.1 Å². The third kappa shape index (κ3) is 3.29. The van der Waals surface area contributed by atoms with Crippen molar-refractivity contribution in [1.29, 1.82) is 0 Å². The van der Waals surface area contributed by atoms with E-state index in [1.807, 2.05) is 0 Å². The Morgan fingerprint density at radius 3 is 1.41 bits per heavy atom. The largest absolute Gasteiger partial charge is 0.361 e. The van der Waals surface area contributed by atoms with Crippen molar-refractivity contribution < 1.29 is 0 Å². The summed E-state index contributed by atoms with van der Waals surface area (Å²) >= 11 is 0. The molecule has 0 radical (unpaired) electrons. The third-order valence-corrected chi connectivity index (χ3v) is 7.93. The summed E-state index contributed by atoms with van der Waals surface area (Å²) in [5, 5.41) is 0. The van der Waals surface area contributed by atoms with Crippen LogP contribution < -0.4 is 9.80 Å². The molecule has 37 heavy (non-hydrogen) atoms. The summed E-state index contributed by atoms with van der Waals surface area (Å²) in [6.07, 6.45) is 8.59. The van der Waals surface area contributed by atoms with Gasteiger partial charge in [-0.1, -0.05) is 72.8 Å². The molecule has 0 spiro atoms. The average Bonchev–Trinajstić information content (AvgIpc) is 3.65. The van der Waals surface area contributed by atoms with Gasteiger partial charge in [0.1, 0.15) is 0 Å². The van der Waals surface area contributed by atoms with E-state index in [0.717, 1.165) is 13.3 Å². The zero-order valence-electron chi connectivity index (χ0n) is 21.3. The van der Waals surface area contributed by atoms with E-state index in [-0.39, 0.29) is 0 Å². The van der Waals surface area contributed by atoms with Gasteiger partial charge in [0.25, 0.3) is 0 Å². The summed E-state index contributed by atoms with van der Waals surface area (Å²) < 4.78 is 0. The van der Waals surface area contributed by atoms with Crippen LogP contribution in [0.15, 0.2) is 122 Å². The molecule has 0 saturated carbocycles. The zero-order chi connectivity index (χ0) is 25.0. The lowest BCUT2D eigenvalue weighted by molar-refractivity contribution is 0.495. The number of anilines is 2. The molecular weight excluding hydrogens is 452 g/mol. The van der Waals surface area contributed by atoms with Crippen molar-refractivity contribution in [3.05, 3.63) is 144 Å². The molecule has 4 nitrogen and oxygen atoms in total. The highest BCUT2D eigenvalue weighted by atomic mass is 15.3. The molecule has 4 aromatic rings. The molecule has 0 saturated heterocycles. The van der Waals surface area contributed by atoms with Crippen LogP contribution in [0.2, 0.25) is 0 Å². The molecule has 2 heterocycles. The van der Waals surface area contributed by atoms with E-state index in [0.29, 0.717) is 0 Å². The quantitative estimate of drug-likeness (QED) is 0.293. The van der Waals surface area contributed by atoms with Crippen LogP contribution in [0.1, 0.15) is 22.3 Å². The molecule has 0 bridgehead atoms. The second-order valence-corrected chi connectivity index (χ2v) is 10.3. The standard InChI is InChI=1S/C33H30N4/c1-34-17-19-36(23-34)27-11-7-9-25(21-27)33(26-10-8-12-28(22-26)37-20-18-35(2)24-37)31-15-5-3-13-29(31)30-14-4-6-16-32(30)33/h3-22H,23-24H2,1-2H3. The van der Waals surface area contributed by atoms with Gasteiger partial charge in [-0.15, -0.1) is 0 Å². The Labute approximate surface area is 219 Å². The van der Waals surface area contributed by atoms with Crippen molar-refractivity contribution in [2.75, 3.05) is 37.2 Å². The number of benzene rings is 4. The Balaban J connectivity index is 1.49. The minimum atomic E-state index is -0.413. The second kappa shape index (κ2) is 8.31. The summed E-state index contributed by atoms with van der Waals surface area (Å²) in [6, 6.07) is 36.1. The van der Waals surface area contributed by atoms with Crippen molar-refractivity contribution in [3.63, 3.8) is 0 Å². The van der Waals surface area contributed by atoms with E-state index in [2.05, 4.69) is 156 Å². The summed E-state index contributed by atoms with van der Waals surface area (Å²) in [5.74, 6) is 0. The fourth-order valence-corrected chi connectivity index (χ4v) is 6.25. The van der Waals surface area contributed by atoms with Crippen LogP contribution >= 0.6 is 0 Å². The van der Waals surface area contributed by atoms with Gasteiger partial charge in [-0.3, -0.25) is 0 Å². The number of hydrogen-bond donors (Lipinski definition) is 0. The van der Waals surface area contributed by atoms with Crippen LogP contribution in [0.5, 0.6) is 0 Å². The van der Waals surface area contributed by atoms with Crippen molar-refractivity contribution in [2.24, 2.45) is 0 Å². The SMILES string of the molecule is CN1C=CN(c2cccc(C3(c4cccc(N5C=CN(C)C5)c4)c4ccccc4-c4ccccc43)c2)C1. The molecule has 0 amide bonds. The van der Waals surface area contributed by atoms with Gasteiger partial charge in [0.15, 0.2) is 0 Å². The van der Waals surface area contributed by atoms with E-state index in [1.54, 1.807) is 0 Å². The molecule has 0 unspecified atom stereocenters. The van der Waals surface area contributed by atoms with Gasteiger partial charge in [0.2, 0.25) is 0 Å². The molecule has 0 fully saturated rings. The maximum atomic E-state index is 2.39. The van der Waals surface area contributed by atoms with Gasteiger partial charge in [-0.25, -0.2) is 0 Å². The number of fused-ring (bicyclic) bond motifs is 3. The topological polar surface area (TPSA) is 13.0 Å². The molecule has 0 atom stereocenters. The first-order valence-corrected chi connectivity index (χ1v) is 12.9. The molecule has 3 aliphatic rings. The van der Waals surface area contributed by atoms with Crippen LogP contribution in [0, 0.1) is 0 Å². The Morgan fingerprint density at radius 1 is 0.514 bits per heavy atom. The number of rotatable bonds is 4. The van der Waals surface area contributed by atoms with E-state index in [9.17, 15) is 0 Å². The van der Waals surface area contributed by atoms with Gasteiger partial charge in [-0.2, -0.15) is 0 Å². The minimum absolute atomic E-state index is 0.413. The van der Waals surface area contributed by atoms with Gasteiger partial charge in [-0.05, 0) is 57.6 Å². The summed E-state index contributed by atoms with van der Waals surface area (Å²) in [7, 11) is 4.22. The minimum Gasteiger partial charge on any atom is -0.361 e. The summed E-state index contributed by atoms with van der Waals surface area (Å²) in [5.41, 5.74) is 9.89. The highest BCUT2D eigenvalue weighted by molar-refractivity contribution is 5.86. The molecule has 4 aromatic carbocycles. The average molecular weight is 483 g/mol. The molecule has 4 heteroatoms. The van der Waals surface area contributed by atoms with Crippen LogP contribution in [0.3, 0.4) is 0 Å². The van der Waals surface area contributed by atoms with Gasteiger partial charge in [0, 0.05) is 50.3 Å². The lowest BCUT2D eigenvalue weighted by Gasteiger charge is -2.35. The van der Waals surface area contributed by atoms with Crippen LogP contribution in [-0.2, 0) is 5.41 Å². The second-order valence-electron chi connectivity index (χ2n) is 10.3. The molecule has 1 aliphatic carbocycles. The fourth-order valence-electron chi connectivity index (χ4n) is 6.25. The van der Waals surface area contributed by atoms with Gasteiger partial charge in [0.05, 0.1) is 18.8 Å². The highest BCUT2D eigenvalue weighted by Crippen LogP contribution is 2.56. The molecule has 2 aliphatic heterocycles. The van der Waals surface area contributed by atoms with Crippen molar-refractivity contribution in [3.8, 4) is 11.1 Å². The third-order valence-electron chi connectivity index (χ3n) is 7.93. The van der Waals surface area contributed by atoms with E-state index < -0.39 is 5.41 Å². The molecule has 7 rings (SSSR count). The van der Waals surface area contributed by atoms with E-state index in [1.165, 1.54) is 44.8 Å².